The molecule has 0 radical (unpaired) electrons. The molecule has 0 aliphatic rings. The third kappa shape index (κ3) is 82.6. The van der Waals surface area contributed by atoms with Crippen LogP contribution in [0.25, 0.3) is 0 Å². The Balaban J connectivity index is 5.21. The SMILES string of the molecule is CCCCCCCCCCCCCCCCCCCCCCCC(=O)OC[C@H](COP(=O)(O)OC[C@@H](O)COP(=O)(O)OC[C@@H](COC(=O)CCCCCCCCC(C)CC)OC(=O)CCCCCCCCCCCCCCCCCCCC)OC(=O)CCCCCCCCCCCCCCCCCCCCCCC. The van der Waals surface area contributed by atoms with E-state index < -0.39 is 97.5 Å². The van der Waals surface area contributed by atoms with Crippen molar-refractivity contribution >= 4 is 39.5 Å². The minimum atomic E-state index is -4.97. The predicted octanol–water partition coefficient (Wildman–Crippen LogP) is 28.3. The summed E-state index contributed by atoms with van der Waals surface area (Å²) in [5.41, 5.74) is 0. The predicted molar refractivity (Wildman–Crippen MR) is 455 cm³/mol. The zero-order chi connectivity index (χ0) is 80.4. The number of aliphatic hydroxyl groups is 1. The lowest BCUT2D eigenvalue weighted by Crippen LogP contribution is -2.30. The lowest BCUT2D eigenvalue weighted by Gasteiger charge is -2.21. The molecule has 0 amide bonds. The molecule has 0 rings (SSSR count). The minimum absolute atomic E-state index is 0.108. The number of phosphoric ester groups is 2. The van der Waals surface area contributed by atoms with Gasteiger partial charge in [0.2, 0.25) is 0 Å². The third-order valence-corrected chi connectivity index (χ3v) is 23.8. The Hall–Kier alpha value is -1.94. The molecule has 17 nitrogen and oxygen atoms in total. The molecule has 3 unspecified atom stereocenters. The summed E-state index contributed by atoms with van der Waals surface area (Å²) in [6.07, 6.45) is 79.4. The van der Waals surface area contributed by atoms with Gasteiger partial charge in [-0.2, -0.15) is 0 Å². The van der Waals surface area contributed by atoms with Gasteiger partial charge in [0.15, 0.2) is 12.2 Å². The fourth-order valence-electron chi connectivity index (χ4n) is 14.3. The van der Waals surface area contributed by atoms with Gasteiger partial charge in [-0.05, 0) is 31.6 Å². The van der Waals surface area contributed by atoms with Crippen molar-refractivity contribution in [2.45, 2.75) is 515 Å². The van der Waals surface area contributed by atoms with Gasteiger partial charge in [-0.25, -0.2) is 9.13 Å². The van der Waals surface area contributed by atoms with Crippen LogP contribution in [-0.4, -0.2) is 96.7 Å². The number of rotatable bonds is 91. The molecule has 0 fully saturated rings. The number of ether oxygens (including phenoxy) is 4. The zero-order valence-corrected chi connectivity index (χ0v) is 74.2. The molecule has 0 aromatic rings. The maximum absolute atomic E-state index is 13.2. The van der Waals surface area contributed by atoms with Gasteiger partial charge in [-0.1, -0.05) is 446 Å². The minimum Gasteiger partial charge on any atom is -0.462 e. The van der Waals surface area contributed by atoms with E-state index in [9.17, 15) is 43.2 Å². The van der Waals surface area contributed by atoms with E-state index in [0.717, 1.165) is 102 Å². The van der Waals surface area contributed by atoms with Crippen molar-refractivity contribution in [3.05, 3.63) is 0 Å². The highest BCUT2D eigenvalue weighted by Gasteiger charge is 2.31. The fourth-order valence-corrected chi connectivity index (χ4v) is 15.9. The molecule has 0 aromatic carbocycles. The smallest absolute Gasteiger partial charge is 0.462 e. The van der Waals surface area contributed by atoms with Crippen molar-refractivity contribution in [3.8, 4) is 0 Å². The molecular weight excluding hydrogens is 1430 g/mol. The van der Waals surface area contributed by atoms with Gasteiger partial charge in [-0.3, -0.25) is 37.3 Å². The number of phosphoric acid groups is 2. The molecule has 654 valence electrons. The first-order chi connectivity index (χ1) is 53.6. The van der Waals surface area contributed by atoms with Crippen molar-refractivity contribution in [2.75, 3.05) is 39.6 Å². The van der Waals surface area contributed by atoms with Crippen LogP contribution in [0.2, 0.25) is 0 Å². The first-order valence-electron chi connectivity index (χ1n) is 47.2. The molecule has 19 heteroatoms. The number of esters is 4. The summed E-state index contributed by atoms with van der Waals surface area (Å²) < 4.78 is 69.0. The molecule has 0 heterocycles. The molecule has 0 aliphatic carbocycles. The first kappa shape index (κ1) is 108. The Morgan fingerprint density at radius 3 is 0.645 bits per heavy atom. The van der Waals surface area contributed by atoms with Crippen LogP contribution in [-0.2, 0) is 65.4 Å². The van der Waals surface area contributed by atoms with Crippen LogP contribution in [0.5, 0.6) is 0 Å². The molecule has 0 saturated carbocycles. The lowest BCUT2D eigenvalue weighted by molar-refractivity contribution is -0.161. The number of unbranched alkanes of at least 4 members (excludes halogenated alkanes) is 62. The second-order valence-electron chi connectivity index (χ2n) is 32.9. The highest BCUT2D eigenvalue weighted by molar-refractivity contribution is 7.47. The van der Waals surface area contributed by atoms with Gasteiger partial charge in [0, 0.05) is 25.7 Å². The van der Waals surface area contributed by atoms with Crippen molar-refractivity contribution in [1.29, 1.82) is 0 Å². The Kier molecular flexibility index (Phi) is 82.1. The molecule has 0 bridgehead atoms. The van der Waals surface area contributed by atoms with Crippen LogP contribution in [0, 0.1) is 5.92 Å². The largest absolute Gasteiger partial charge is 0.472 e. The molecule has 0 aliphatic heterocycles. The van der Waals surface area contributed by atoms with Crippen LogP contribution >= 0.6 is 15.6 Å². The number of hydrogen-bond donors (Lipinski definition) is 3. The van der Waals surface area contributed by atoms with Gasteiger partial charge in [0.05, 0.1) is 26.4 Å². The van der Waals surface area contributed by atoms with Gasteiger partial charge in [0.1, 0.15) is 19.3 Å². The van der Waals surface area contributed by atoms with Crippen molar-refractivity contribution in [1.82, 2.24) is 0 Å². The summed E-state index contributed by atoms with van der Waals surface area (Å²) >= 11 is 0. The third-order valence-electron chi connectivity index (χ3n) is 21.9. The van der Waals surface area contributed by atoms with Crippen LogP contribution in [0.4, 0.5) is 0 Å². The van der Waals surface area contributed by atoms with E-state index >= 15 is 0 Å². The Morgan fingerprint density at radius 2 is 0.436 bits per heavy atom. The Morgan fingerprint density at radius 1 is 0.255 bits per heavy atom. The van der Waals surface area contributed by atoms with E-state index in [1.807, 2.05) is 0 Å². The van der Waals surface area contributed by atoms with Crippen molar-refractivity contribution in [3.63, 3.8) is 0 Å². The maximum Gasteiger partial charge on any atom is 0.472 e. The molecule has 3 N–H and O–H groups in total. The summed E-state index contributed by atoms with van der Waals surface area (Å²) in [6.45, 7) is 7.35. The van der Waals surface area contributed by atoms with Crippen LogP contribution < -0.4 is 0 Å². The zero-order valence-electron chi connectivity index (χ0n) is 72.4. The average Bonchev–Trinajstić information content (AvgIpc) is 0.897. The molecule has 0 saturated heterocycles. The molecule has 6 atom stereocenters. The van der Waals surface area contributed by atoms with Gasteiger partial charge in [0.25, 0.3) is 0 Å². The van der Waals surface area contributed by atoms with Crippen LogP contribution in [0.1, 0.15) is 497 Å². The quantitative estimate of drug-likeness (QED) is 0.0222. The molecule has 0 spiro atoms. The standard InChI is InChI=1S/C91H178O17P2/c1-6-10-13-16-19-22-25-28-31-34-37-39-41-44-46-49-52-55-58-64-69-74-88(93)101-80-86(107-90(95)76-71-67-60-57-54-51-48-45-42-40-38-35-32-29-26-23-20-17-14-11-7-2)82-105-109(97,98)103-78-85(92)79-104-110(99,100)106-83-87(81-102-89(94)75-70-65-62-61-63-68-73-84(5)9-4)108-91(96)77-72-66-59-56-53-50-47-43-36-33-30-27-24-21-18-15-12-8-3/h84-87,92H,6-83H2,1-5H3,(H,97,98)(H,99,100)/t84?,85-,86-,87-/m1/s1. The molecular formula is C91H178O17P2. The lowest BCUT2D eigenvalue weighted by atomic mass is 10.00. The van der Waals surface area contributed by atoms with Gasteiger partial charge < -0.3 is 33.8 Å². The normalized spacial score (nSPS) is 13.9. The van der Waals surface area contributed by atoms with Gasteiger partial charge in [-0.15, -0.1) is 0 Å². The van der Waals surface area contributed by atoms with E-state index in [-0.39, 0.29) is 25.7 Å². The summed E-state index contributed by atoms with van der Waals surface area (Å²) in [6, 6.07) is 0. The first-order valence-corrected chi connectivity index (χ1v) is 50.2. The highest BCUT2D eigenvalue weighted by atomic mass is 31.2. The van der Waals surface area contributed by atoms with Gasteiger partial charge >= 0.3 is 39.5 Å². The maximum atomic E-state index is 13.2. The number of aliphatic hydroxyl groups excluding tert-OH is 1. The van der Waals surface area contributed by atoms with Crippen molar-refractivity contribution < 1.29 is 80.2 Å². The Labute approximate surface area is 677 Å². The number of carbonyl (C=O) groups excluding carboxylic acids is 4. The summed E-state index contributed by atoms with van der Waals surface area (Å²) in [5.74, 6) is -1.37. The average molecular weight is 1610 g/mol. The molecule has 0 aromatic heterocycles. The summed E-state index contributed by atoms with van der Waals surface area (Å²) in [5, 5.41) is 10.7. The van der Waals surface area contributed by atoms with E-state index in [1.54, 1.807) is 0 Å². The monoisotopic (exact) mass is 1610 g/mol. The van der Waals surface area contributed by atoms with Crippen LogP contribution in [0.3, 0.4) is 0 Å². The van der Waals surface area contributed by atoms with Crippen LogP contribution in [0.15, 0.2) is 0 Å². The summed E-state index contributed by atoms with van der Waals surface area (Å²) in [4.78, 5) is 73.4. The fraction of sp³-hybridized carbons (Fsp3) is 0.956. The summed E-state index contributed by atoms with van der Waals surface area (Å²) in [7, 11) is -9.93. The Bertz CT molecular complexity index is 2080. The van der Waals surface area contributed by atoms with E-state index in [0.29, 0.717) is 25.7 Å². The number of carbonyl (C=O) groups is 4. The second-order valence-corrected chi connectivity index (χ2v) is 35.8. The molecule has 110 heavy (non-hydrogen) atoms. The second kappa shape index (κ2) is 83.5. The van der Waals surface area contributed by atoms with E-state index in [4.69, 9.17) is 37.0 Å². The topological polar surface area (TPSA) is 237 Å². The van der Waals surface area contributed by atoms with Crippen molar-refractivity contribution in [2.24, 2.45) is 5.92 Å². The van der Waals surface area contributed by atoms with E-state index in [2.05, 4.69) is 34.6 Å². The number of hydrogen-bond acceptors (Lipinski definition) is 15. The highest BCUT2D eigenvalue weighted by Crippen LogP contribution is 2.45. The van der Waals surface area contributed by atoms with E-state index in [1.165, 1.54) is 315 Å².